The number of hydrogen-bond donors (Lipinski definition) is 1. The van der Waals surface area contributed by atoms with Crippen molar-refractivity contribution in [3.8, 4) is 0 Å². The summed E-state index contributed by atoms with van der Waals surface area (Å²) in [5.74, 6) is 0.543. The first kappa shape index (κ1) is 14.8. The molecule has 1 aromatic rings. The minimum Gasteiger partial charge on any atom is -0.378 e. The maximum absolute atomic E-state index is 6.43. The van der Waals surface area contributed by atoms with Crippen LogP contribution in [0.4, 0.5) is 0 Å². The van der Waals surface area contributed by atoms with Crippen LogP contribution in [0.5, 0.6) is 0 Å². The van der Waals surface area contributed by atoms with E-state index in [4.69, 9.17) is 16.3 Å². The standard InChI is InChI=1S/C14H24ClN3O/c1-5-11-14(15)13(18(4)17-11)8-12(16-3)10-6-7-19-9(10)2/h9-10,12,16H,5-8H2,1-4H3. The van der Waals surface area contributed by atoms with Crippen LogP contribution in [0.3, 0.4) is 0 Å². The van der Waals surface area contributed by atoms with Crippen molar-refractivity contribution < 1.29 is 4.74 Å². The number of halogens is 1. The van der Waals surface area contributed by atoms with Gasteiger partial charge in [0, 0.05) is 32.0 Å². The van der Waals surface area contributed by atoms with Crippen molar-refractivity contribution in [2.24, 2.45) is 13.0 Å². The fourth-order valence-electron chi connectivity index (χ4n) is 2.99. The summed E-state index contributed by atoms with van der Waals surface area (Å²) in [5.41, 5.74) is 2.11. The Morgan fingerprint density at radius 3 is 2.79 bits per heavy atom. The van der Waals surface area contributed by atoms with Crippen LogP contribution in [0.1, 0.15) is 31.7 Å². The molecule has 1 aromatic heterocycles. The zero-order valence-electron chi connectivity index (χ0n) is 12.2. The number of nitrogens with one attached hydrogen (secondary N) is 1. The topological polar surface area (TPSA) is 39.1 Å². The van der Waals surface area contributed by atoms with Crippen molar-refractivity contribution in [2.45, 2.75) is 45.3 Å². The highest BCUT2D eigenvalue weighted by molar-refractivity contribution is 6.31. The number of rotatable bonds is 5. The van der Waals surface area contributed by atoms with Crippen LogP contribution in [-0.4, -0.2) is 35.6 Å². The van der Waals surface area contributed by atoms with Crippen LogP contribution in [0, 0.1) is 5.92 Å². The second kappa shape index (κ2) is 6.25. The van der Waals surface area contributed by atoms with Crippen LogP contribution in [0.25, 0.3) is 0 Å². The van der Waals surface area contributed by atoms with E-state index >= 15 is 0 Å². The van der Waals surface area contributed by atoms with Crippen molar-refractivity contribution in [1.82, 2.24) is 15.1 Å². The minimum atomic E-state index is 0.315. The first-order valence-corrected chi connectivity index (χ1v) is 7.45. The molecule has 2 rings (SSSR count). The summed E-state index contributed by atoms with van der Waals surface area (Å²) in [4.78, 5) is 0. The fourth-order valence-corrected chi connectivity index (χ4v) is 3.36. The van der Waals surface area contributed by atoms with Gasteiger partial charge in [0.2, 0.25) is 0 Å². The van der Waals surface area contributed by atoms with Crippen molar-refractivity contribution in [3.05, 3.63) is 16.4 Å². The molecule has 0 spiro atoms. The minimum absolute atomic E-state index is 0.315. The zero-order chi connectivity index (χ0) is 14.0. The van der Waals surface area contributed by atoms with Gasteiger partial charge in [-0.15, -0.1) is 0 Å². The number of ether oxygens (including phenoxy) is 1. The molecule has 0 radical (unpaired) electrons. The van der Waals surface area contributed by atoms with E-state index in [1.807, 2.05) is 18.8 Å². The Hall–Kier alpha value is -0.580. The molecule has 0 aromatic carbocycles. The van der Waals surface area contributed by atoms with Crippen LogP contribution in [0.2, 0.25) is 5.02 Å². The molecule has 0 aliphatic carbocycles. The Labute approximate surface area is 120 Å². The smallest absolute Gasteiger partial charge is 0.0850 e. The highest BCUT2D eigenvalue weighted by Gasteiger charge is 2.32. The number of aromatic nitrogens is 2. The third kappa shape index (κ3) is 2.96. The molecule has 1 saturated heterocycles. The lowest BCUT2D eigenvalue weighted by atomic mass is 9.90. The molecule has 0 saturated carbocycles. The van der Waals surface area contributed by atoms with E-state index in [9.17, 15) is 0 Å². The van der Waals surface area contributed by atoms with Gasteiger partial charge in [-0.3, -0.25) is 4.68 Å². The first-order valence-electron chi connectivity index (χ1n) is 7.07. The maximum Gasteiger partial charge on any atom is 0.0850 e. The van der Waals surface area contributed by atoms with Gasteiger partial charge in [0.25, 0.3) is 0 Å². The van der Waals surface area contributed by atoms with Gasteiger partial charge < -0.3 is 10.1 Å². The van der Waals surface area contributed by atoms with E-state index in [0.29, 0.717) is 18.1 Å². The molecule has 19 heavy (non-hydrogen) atoms. The van der Waals surface area contributed by atoms with Crippen molar-refractivity contribution >= 4 is 11.6 Å². The number of aryl methyl sites for hydroxylation is 2. The predicted molar refractivity (Wildman–Crippen MR) is 77.7 cm³/mol. The summed E-state index contributed by atoms with van der Waals surface area (Å²) < 4.78 is 7.60. The highest BCUT2D eigenvalue weighted by Crippen LogP contribution is 2.28. The molecule has 4 nitrogen and oxygen atoms in total. The quantitative estimate of drug-likeness (QED) is 0.901. The summed E-state index contributed by atoms with van der Waals surface area (Å²) >= 11 is 6.43. The molecule has 1 N–H and O–H groups in total. The van der Waals surface area contributed by atoms with Crippen LogP contribution in [0.15, 0.2) is 0 Å². The van der Waals surface area contributed by atoms with Gasteiger partial charge >= 0.3 is 0 Å². The van der Waals surface area contributed by atoms with Crippen molar-refractivity contribution in [2.75, 3.05) is 13.7 Å². The average molecular weight is 286 g/mol. The third-order valence-corrected chi connectivity index (χ3v) is 4.67. The normalized spacial score (nSPS) is 24.9. The molecule has 3 atom stereocenters. The molecule has 0 amide bonds. The molecule has 1 aliphatic heterocycles. The molecule has 1 aliphatic rings. The molecular formula is C14H24ClN3O. The second-order valence-electron chi connectivity index (χ2n) is 5.31. The number of hydrogen-bond acceptors (Lipinski definition) is 3. The Kier molecular flexibility index (Phi) is 4.87. The van der Waals surface area contributed by atoms with E-state index in [0.717, 1.165) is 42.3 Å². The molecule has 108 valence electrons. The van der Waals surface area contributed by atoms with E-state index in [1.54, 1.807) is 0 Å². The van der Waals surface area contributed by atoms with Crippen molar-refractivity contribution in [3.63, 3.8) is 0 Å². The fraction of sp³-hybridized carbons (Fsp3) is 0.786. The number of nitrogens with zero attached hydrogens (tertiary/aromatic N) is 2. The Bertz CT molecular complexity index is 433. The Morgan fingerprint density at radius 1 is 1.58 bits per heavy atom. The summed E-state index contributed by atoms with van der Waals surface area (Å²) in [6, 6.07) is 0.384. The molecule has 0 bridgehead atoms. The molecule has 2 heterocycles. The van der Waals surface area contributed by atoms with Gasteiger partial charge in [0.1, 0.15) is 0 Å². The summed E-state index contributed by atoms with van der Waals surface area (Å²) in [6.45, 7) is 5.11. The predicted octanol–water partition coefficient (Wildman–Crippen LogP) is 2.19. The van der Waals surface area contributed by atoms with Crippen LogP contribution < -0.4 is 5.32 Å². The first-order chi connectivity index (χ1) is 9.08. The van der Waals surface area contributed by atoms with Gasteiger partial charge in [-0.2, -0.15) is 5.10 Å². The van der Waals surface area contributed by atoms with Gasteiger partial charge in [-0.05, 0) is 26.8 Å². The monoisotopic (exact) mass is 285 g/mol. The zero-order valence-corrected chi connectivity index (χ0v) is 13.0. The van der Waals surface area contributed by atoms with Gasteiger partial charge in [-0.25, -0.2) is 0 Å². The van der Waals surface area contributed by atoms with Crippen LogP contribution >= 0.6 is 11.6 Å². The van der Waals surface area contributed by atoms with E-state index < -0.39 is 0 Å². The van der Waals surface area contributed by atoms with Crippen LogP contribution in [-0.2, 0) is 24.6 Å². The van der Waals surface area contributed by atoms with Gasteiger partial charge in [-0.1, -0.05) is 18.5 Å². The summed E-state index contributed by atoms with van der Waals surface area (Å²) in [7, 11) is 3.99. The lowest BCUT2D eigenvalue weighted by molar-refractivity contribution is 0.0961. The SMILES string of the molecule is CCc1nn(C)c(CC(NC)C2CCOC2C)c1Cl. The van der Waals surface area contributed by atoms with E-state index in [-0.39, 0.29) is 0 Å². The molecule has 3 unspecified atom stereocenters. The summed E-state index contributed by atoms with van der Waals surface area (Å²) in [5, 5.41) is 8.74. The average Bonchev–Trinajstić information content (AvgIpc) is 2.93. The molecular weight excluding hydrogens is 262 g/mol. The summed E-state index contributed by atoms with van der Waals surface area (Å²) in [6.07, 6.45) is 3.20. The van der Waals surface area contributed by atoms with Crippen molar-refractivity contribution in [1.29, 1.82) is 0 Å². The third-order valence-electron chi connectivity index (χ3n) is 4.24. The van der Waals surface area contributed by atoms with Gasteiger partial charge in [0.05, 0.1) is 22.5 Å². The van der Waals surface area contributed by atoms with E-state index in [1.165, 1.54) is 0 Å². The Balaban J connectivity index is 2.16. The highest BCUT2D eigenvalue weighted by atomic mass is 35.5. The second-order valence-corrected chi connectivity index (χ2v) is 5.69. The van der Waals surface area contributed by atoms with E-state index in [2.05, 4.69) is 24.3 Å². The lowest BCUT2D eigenvalue weighted by Gasteiger charge is -2.25. The molecule has 5 heteroatoms. The largest absolute Gasteiger partial charge is 0.378 e. The Morgan fingerprint density at radius 2 is 2.32 bits per heavy atom. The maximum atomic E-state index is 6.43. The number of likely N-dealkylation sites (N-methyl/N-ethyl adjacent to an activating group) is 1. The van der Waals surface area contributed by atoms with Gasteiger partial charge in [0.15, 0.2) is 0 Å². The lowest BCUT2D eigenvalue weighted by Crippen LogP contribution is -2.39. The molecule has 1 fully saturated rings.